The van der Waals surface area contributed by atoms with Crippen LogP contribution in [0.2, 0.25) is 0 Å². The number of hydrogen-bond acceptors (Lipinski definition) is 5. The average molecular weight is 279 g/mol. The molecule has 0 aromatic heterocycles. The third-order valence-corrected chi connectivity index (χ3v) is 3.13. The number of hydrazone groups is 1. The first-order chi connectivity index (χ1) is 9.47. The fourth-order valence-corrected chi connectivity index (χ4v) is 1.97. The van der Waals surface area contributed by atoms with Crippen molar-refractivity contribution in [1.82, 2.24) is 5.43 Å². The molecule has 0 aliphatic carbocycles. The van der Waals surface area contributed by atoms with Crippen molar-refractivity contribution in [1.29, 1.82) is 0 Å². The standard InChI is InChI=1S/C13H21N5O2/c1-8-2-4-9(5-3-8)6-10(12(17-15)18-16)7-11(14)13(19)20/h2-5,10-11H,6-7,14-16H2,1H3,(H,17,18)(H,19,20). The van der Waals surface area contributed by atoms with Gasteiger partial charge in [-0.2, -0.15) is 5.10 Å². The molecule has 1 rings (SSSR count). The Morgan fingerprint density at radius 2 is 2.00 bits per heavy atom. The van der Waals surface area contributed by atoms with Crippen LogP contribution < -0.4 is 22.8 Å². The number of nitrogens with two attached hydrogens (primary N) is 3. The van der Waals surface area contributed by atoms with Gasteiger partial charge in [0.05, 0.1) is 0 Å². The van der Waals surface area contributed by atoms with Gasteiger partial charge in [0.15, 0.2) is 0 Å². The second-order valence-corrected chi connectivity index (χ2v) is 4.73. The molecule has 0 bridgehead atoms. The average Bonchev–Trinajstić information content (AvgIpc) is 2.42. The van der Waals surface area contributed by atoms with E-state index in [4.69, 9.17) is 22.5 Å². The number of aliphatic carboxylic acids is 1. The summed E-state index contributed by atoms with van der Waals surface area (Å²) < 4.78 is 0. The van der Waals surface area contributed by atoms with Crippen LogP contribution in [0.1, 0.15) is 17.5 Å². The molecule has 0 radical (unpaired) electrons. The summed E-state index contributed by atoms with van der Waals surface area (Å²) in [6.45, 7) is 2.00. The van der Waals surface area contributed by atoms with E-state index in [2.05, 4.69) is 10.5 Å². The van der Waals surface area contributed by atoms with Crippen LogP contribution >= 0.6 is 0 Å². The fourth-order valence-electron chi connectivity index (χ4n) is 1.97. The first kappa shape index (κ1) is 15.9. The third-order valence-electron chi connectivity index (χ3n) is 3.13. The zero-order valence-electron chi connectivity index (χ0n) is 11.4. The molecule has 1 aromatic rings. The van der Waals surface area contributed by atoms with Crippen molar-refractivity contribution in [2.75, 3.05) is 0 Å². The van der Waals surface area contributed by atoms with Gasteiger partial charge in [-0.15, -0.1) is 0 Å². The Balaban J connectivity index is 2.87. The molecule has 0 fully saturated rings. The normalized spacial score (nSPS) is 14.7. The van der Waals surface area contributed by atoms with Gasteiger partial charge < -0.3 is 22.1 Å². The molecule has 2 atom stereocenters. The number of hydrazine groups is 1. The van der Waals surface area contributed by atoms with Gasteiger partial charge >= 0.3 is 5.97 Å². The first-order valence-electron chi connectivity index (χ1n) is 6.26. The molecule has 7 nitrogen and oxygen atoms in total. The van der Waals surface area contributed by atoms with Crippen molar-refractivity contribution in [3.05, 3.63) is 35.4 Å². The number of carboxylic acid groups (broad SMARTS) is 1. The van der Waals surface area contributed by atoms with E-state index in [1.807, 2.05) is 31.2 Å². The Hall–Kier alpha value is -2.12. The number of carboxylic acids is 1. The molecule has 0 aliphatic rings. The topological polar surface area (TPSA) is 140 Å². The van der Waals surface area contributed by atoms with Crippen LogP contribution in [-0.2, 0) is 11.2 Å². The lowest BCUT2D eigenvalue weighted by Crippen LogP contribution is -2.42. The molecule has 0 heterocycles. The maximum atomic E-state index is 10.9. The highest BCUT2D eigenvalue weighted by atomic mass is 16.4. The molecule has 0 amide bonds. The Morgan fingerprint density at radius 1 is 1.40 bits per heavy atom. The molecular formula is C13H21N5O2. The zero-order chi connectivity index (χ0) is 15.1. The summed E-state index contributed by atoms with van der Waals surface area (Å²) in [5.74, 6) is 9.63. The predicted molar refractivity (Wildman–Crippen MR) is 77.5 cm³/mol. The number of hydrogen-bond donors (Lipinski definition) is 5. The SMILES string of the molecule is Cc1ccc(CC(CC(N)C(=O)O)/C(=N/N)NN)cc1. The lowest BCUT2D eigenvalue weighted by atomic mass is 9.91. The van der Waals surface area contributed by atoms with Crippen molar-refractivity contribution < 1.29 is 9.90 Å². The van der Waals surface area contributed by atoms with Crippen LogP contribution in [0.25, 0.3) is 0 Å². The van der Waals surface area contributed by atoms with Gasteiger partial charge in [0.25, 0.3) is 0 Å². The van der Waals surface area contributed by atoms with Gasteiger partial charge in [0.1, 0.15) is 11.9 Å². The highest BCUT2D eigenvalue weighted by Gasteiger charge is 2.23. The molecule has 0 saturated heterocycles. The molecule has 0 spiro atoms. The van der Waals surface area contributed by atoms with E-state index in [1.165, 1.54) is 0 Å². The van der Waals surface area contributed by atoms with Gasteiger partial charge in [-0.25, -0.2) is 5.84 Å². The highest BCUT2D eigenvalue weighted by molar-refractivity contribution is 5.85. The summed E-state index contributed by atoms with van der Waals surface area (Å²) in [5, 5.41) is 12.5. The van der Waals surface area contributed by atoms with E-state index in [1.54, 1.807) is 0 Å². The van der Waals surface area contributed by atoms with Crippen molar-refractivity contribution in [2.24, 2.45) is 28.4 Å². The quantitative estimate of drug-likeness (QED) is 0.209. The number of benzene rings is 1. The van der Waals surface area contributed by atoms with Crippen molar-refractivity contribution in [2.45, 2.75) is 25.8 Å². The summed E-state index contributed by atoms with van der Waals surface area (Å²) in [7, 11) is 0. The lowest BCUT2D eigenvalue weighted by Gasteiger charge is -2.20. The Labute approximate surface area is 117 Å². The van der Waals surface area contributed by atoms with E-state index in [0.29, 0.717) is 12.3 Å². The van der Waals surface area contributed by atoms with Gasteiger partial charge in [0, 0.05) is 5.92 Å². The lowest BCUT2D eigenvalue weighted by molar-refractivity contribution is -0.138. The number of amidine groups is 1. The molecule has 2 unspecified atom stereocenters. The van der Waals surface area contributed by atoms with Crippen LogP contribution in [0.15, 0.2) is 29.4 Å². The smallest absolute Gasteiger partial charge is 0.320 e. The van der Waals surface area contributed by atoms with Gasteiger partial charge in [-0.3, -0.25) is 4.79 Å². The summed E-state index contributed by atoms with van der Waals surface area (Å²) in [6, 6.07) is 6.92. The predicted octanol–water partition coefficient (Wildman–Crippen LogP) is -0.309. The second kappa shape index (κ2) is 7.46. The van der Waals surface area contributed by atoms with Crippen LogP contribution in [0.3, 0.4) is 0 Å². The highest BCUT2D eigenvalue weighted by Crippen LogP contribution is 2.15. The van der Waals surface area contributed by atoms with E-state index in [0.717, 1.165) is 11.1 Å². The summed E-state index contributed by atoms with van der Waals surface area (Å²) >= 11 is 0. The number of aryl methyl sites for hydroxylation is 1. The van der Waals surface area contributed by atoms with Gasteiger partial charge in [-0.05, 0) is 25.3 Å². The number of carbonyl (C=O) groups is 1. The molecule has 7 heteroatoms. The molecule has 1 aromatic carbocycles. The number of rotatable bonds is 6. The van der Waals surface area contributed by atoms with Crippen LogP contribution in [0.5, 0.6) is 0 Å². The van der Waals surface area contributed by atoms with Crippen molar-refractivity contribution in [3.8, 4) is 0 Å². The summed E-state index contributed by atoms with van der Waals surface area (Å²) in [4.78, 5) is 10.9. The zero-order valence-corrected chi connectivity index (χ0v) is 11.4. The molecule has 110 valence electrons. The monoisotopic (exact) mass is 279 g/mol. The van der Waals surface area contributed by atoms with Crippen molar-refractivity contribution in [3.63, 3.8) is 0 Å². The maximum Gasteiger partial charge on any atom is 0.320 e. The van der Waals surface area contributed by atoms with Gasteiger partial charge in [0.2, 0.25) is 0 Å². The second-order valence-electron chi connectivity index (χ2n) is 4.73. The fraction of sp³-hybridized carbons (Fsp3) is 0.385. The van der Waals surface area contributed by atoms with E-state index in [9.17, 15) is 4.79 Å². The number of nitrogens with zero attached hydrogens (tertiary/aromatic N) is 1. The van der Waals surface area contributed by atoms with E-state index in [-0.39, 0.29) is 12.3 Å². The summed E-state index contributed by atoms with van der Waals surface area (Å²) in [5.41, 5.74) is 10.2. The summed E-state index contributed by atoms with van der Waals surface area (Å²) in [6.07, 6.45) is 0.755. The Kier molecular flexibility index (Phi) is 5.95. The maximum absolute atomic E-state index is 10.9. The molecule has 8 N–H and O–H groups in total. The van der Waals surface area contributed by atoms with Crippen LogP contribution in [0.4, 0.5) is 0 Å². The first-order valence-corrected chi connectivity index (χ1v) is 6.26. The minimum absolute atomic E-state index is 0.198. The van der Waals surface area contributed by atoms with E-state index < -0.39 is 12.0 Å². The van der Waals surface area contributed by atoms with Gasteiger partial charge in [-0.1, -0.05) is 29.8 Å². The third kappa shape index (κ3) is 4.52. The largest absolute Gasteiger partial charge is 0.480 e. The minimum atomic E-state index is -1.06. The molecular weight excluding hydrogens is 258 g/mol. The van der Waals surface area contributed by atoms with Crippen LogP contribution in [-0.4, -0.2) is 23.0 Å². The number of nitrogens with one attached hydrogen (secondary N) is 1. The minimum Gasteiger partial charge on any atom is -0.480 e. The molecule has 20 heavy (non-hydrogen) atoms. The Bertz CT molecular complexity index is 472. The molecule has 0 aliphatic heterocycles. The van der Waals surface area contributed by atoms with Crippen LogP contribution in [0, 0.1) is 12.8 Å². The van der Waals surface area contributed by atoms with Crippen molar-refractivity contribution >= 4 is 11.8 Å². The Morgan fingerprint density at radius 3 is 2.45 bits per heavy atom. The molecule has 0 saturated carbocycles. The van der Waals surface area contributed by atoms with E-state index >= 15 is 0 Å².